The van der Waals surface area contributed by atoms with Gasteiger partial charge in [-0.1, -0.05) is 12.1 Å². The number of nitrogen functional groups attached to an aromatic ring is 1. The Balaban J connectivity index is 2.62. The molecule has 26 heavy (non-hydrogen) atoms. The van der Waals surface area contributed by atoms with E-state index >= 15 is 0 Å². The lowest BCUT2D eigenvalue weighted by atomic mass is 9.82. The van der Waals surface area contributed by atoms with E-state index in [1.807, 2.05) is 0 Å². The van der Waals surface area contributed by atoms with Crippen molar-refractivity contribution in [2.45, 2.75) is 23.9 Å². The maximum absolute atomic E-state index is 12.7. The fourth-order valence-electron chi connectivity index (χ4n) is 2.30. The highest BCUT2D eigenvalue weighted by Gasteiger charge is 2.45. The quantitative estimate of drug-likeness (QED) is 0.273. The normalized spacial score (nSPS) is 22.7. The molecule has 0 saturated heterocycles. The number of benzene rings is 1. The molecule has 0 heterocycles. The van der Waals surface area contributed by atoms with Gasteiger partial charge in [-0.15, -0.1) is 26.3 Å². The Kier molecular flexibility index (Phi) is 4.64. The first-order valence-electron chi connectivity index (χ1n) is 6.83. The number of alkyl halides is 6. The lowest BCUT2D eigenvalue weighted by Crippen LogP contribution is -2.52. The van der Waals surface area contributed by atoms with Crippen LogP contribution in [0.2, 0.25) is 0 Å². The molecule has 144 valence electrons. The number of halogens is 6. The van der Waals surface area contributed by atoms with Crippen molar-refractivity contribution in [1.82, 2.24) is 0 Å². The summed E-state index contributed by atoms with van der Waals surface area (Å²) >= 11 is 0. The molecule has 8 N–H and O–H groups in total. The Morgan fingerprint density at radius 3 is 1.96 bits per heavy atom. The van der Waals surface area contributed by atoms with Crippen LogP contribution in [0.4, 0.5) is 32.0 Å². The third-order valence-electron chi connectivity index (χ3n) is 3.33. The molecule has 0 bridgehead atoms. The minimum atomic E-state index is -5.20. The summed E-state index contributed by atoms with van der Waals surface area (Å²) in [7, 11) is 0. The summed E-state index contributed by atoms with van der Waals surface area (Å²) in [4.78, 5) is 0. The SMILES string of the molecule is Nc1ccc(C2(N)C=CC(N)(N)C=C2OC(F)(F)F)c(OC(F)(F)F)c1. The Labute approximate surface area is 143 Å². The second-order valence-corrected chi connectivity index (χ2v) is 5.56. The van der Waals surface area contributed by atoms with Gasteiger partial charge in [0.05, 0.1) is 0 Å². The van der Waals surface area contributed by atoms with Crippen molar-refractivity contribution < 1.29 is 35.8 Å². The van der Waals surface area contributed by atoms with E-state index in [0.29, 0.717) is 6.08 Å². The maximum atomic E-state index is 12.7. The first-order chi connectivity index (χ1) is 11.6. The highest BCUT2D eigenvalue weighted by Crippen LogP contribution is 2.42. The molecule has 0 radical (unpaired) electrons. The molecule has 0 amide bonds. The summed E-state index contributed by atoms with van der Waals surface area (Å²) in [6, 6.07) is 2.89. The molecule has 2 rings (SSSR count). The van der Waals surface area contributed by atoms with E-state index in [0.717, 1.165) is 30.4 Å². The molecule has 1 aromatic carbocycles. The minimum Gasteiger partial charge on any atom is -0.408 e. The molecule has 1 atom stereocenters. The average Bonchev–Trinajstić information content (AvgIpc) is 2.39. The zero-order chi connectivity index (χ0) is 20.0. The van der Waals surface area contributed by atoms with E-state index in [2.05, 4.69) is 9.47 Å². The van der Waals surface area contributed by atoms with Gasteiger partial charge in [-0.2, -0.15) is 0 Å². The lowest BCUT2D eigenvalue weighted by Gasteiger charge is -2.36. The largest absolute Gasteiger partial charge is 0.573 e. The van der Waals surface area contributed by atoms with Gasteiger partial charge in [-0.25, -0.2) is 0 Å². The van der Waals surface area contributed by atoms with Crippen molar-refractivity contribution >= 4 is 5.69 Å². The predicted octanol–water partition coefficient (Wildman–Crippen LogP) is 1.93. The van der Waals surface area contributed by atoms with Crippen molar-refractivity contribution in [3.8, 4) is 5.75 Å². The fourth-order valence-corrected chi connectivity index (χ4v) is 2.30. The standard InChI is InChI=1S/C14H14F6N4O2/c15-13(16,17)25-9-5-7(21)1-2-8(9)12(24)4-3-11(22,23)6-10(12)26-14(18,19)20/h1-6H,21-24H2. The van der Waals surface area contributed by atoms with Gasteiger partial charge in [0, 0.05) is 17.3 Å². The van der Waals surface area contributed by atoms with E-state index in [4.69, 9.17) is 22.9 Å². The van der Waals surface area contributed by atoms with E-state index in [-0.39, 0.29) is 5.69 Å². The lowest BCUT2D eigenvalue weighted by molar-refractivity contribution is -0.309. The van der Waals surface area contributed by atoms with Crippen LogP contribution in [0.3, 0.4) is 0 Å². The Morgan fingerprint density at radius 2 is 1.42 bits per heavy atom. The molecule has 0 spiro atoms. The molecule has 1 aliphatic carbocycles. The summed E-state index contributed by atoms with van der Waals surface area (Å²) in [5.74, 6) is -1.92. The van der Waals surface area contributed by atoms with Gasteiger partial charge in [0.1, 0.15) is 22.7 Å². The summed E-state index contributed by atoms with van der Waals surface area (Å²) in [6.45, 7) is 0. The van der Waals surface area contributed by atoms with Crippen LogP contribution in [0.1, 0.15) is 5.56 Å². The molecule has 1 aromatic rings. The molecular weight excluding hydrogens is 370 g/mol. The number of hydrogen-bond acceptors (Lipinski definition) is 6. The minimum absolute atomic E-state index is 0.134. The van der Waals surface area contributed by atoms with Crippen molar-refractivity contribution in [2.75, 3.05) is 5.73 Å². The number of rotatable bonds is 3. The predicted molar refractivity (Wildman–Crippen MR) is 78.9 cm³/mol. The van der Waals surface area contributed by atoms with E-state index in [1.54, 1.807) is 0 Å². The summed E-state index contributed by atoms with van der Waals surface area (Å²) in [5.41, 5.74) is 17.6. The van der Waals surface area contributed by atoms with Crippen molar-refractivity contribution in [1.29, 1.82) is 0 Å². The third kappa shape index (κ3) is 4.59. The van der Waals surface area contributed by atoms with Crippen LogP contribution >= 0.6 is 0 Å². The van der Waals surface area contributed by atoms with Gasteiger partial charge in [0.2, 0.25) is 0 Å². The van der Waals surface area contributed by atoms with Gasteiger partial charge in [0.15, 0.2) is 0 Å². The number of hydrogen-bond donors (Lipinski definition) is 4. The zero-order valence-corrected chi connectivity index (χ0v) is 12.9. The molecule has 1 unspecified atom stereocenters. The van der Waals surface area contributed by atoms with Gasteiger partial charge in [-0.3, -0.25) is 0 Å². The van der Waals surface area contributed by atoms with Crippen LogP contribution in [0.15, 0.2) is 42.2 Å². The van der Waals surface area contributed by atoms with Gasteiger partial charge in [0.25, 0.3) is 0 Å². The highest BCUT2D eigenvalue weighted by atomic mass is 19.4. The van der Waals surface area contributed by atoms with Crippen molar-refractivity contribution in [3.05, 3.63) is 47.7 Å². The molecule has 0 saturated carbocycles. The molecule has 1 aliphatic rings. The molecule has 12 heteroatoms. The third-order valence-corrected chi connectivity index (χ3v) is 3.33. The van der Waals surface area contributed by atoms with E-state index < -0.39 is 41.0 Å². The zero-order valence-electron chi connectivity index (χ0n) is 12.9. The van der Waals surface area contributed by atoms with E-state index in [1.165, 1.54) is 0 Å². The second kappa shape index (κ2) is 6.07. The molecule has 0 fully saturated rings. The van der Waals surface area contributed by atoms with E-state index in [9.17, 15) is 26.3 Å². The highest BCUT2D eigenvalue weighted by molar-refractivity contribution is 5.56. The van der Waals surface area contributed by atoms with Crippen LogP contribution in [-0.2, 0) is 10.3 Å². The van der Waals surface area contributed by atoms with Gasteiger partial charge in [-0.05, 0) is 18.2 Å². The van der Waals surface area contributed by atoms with Crippen molar-refractivity contribution in [3.63, 3.8) is 0 Å². The summed E-state index contributed by atoms with van der Waals surface area (Å²) < 4.78 is 83.8. The summed E-state index contributed by atoms with van der Waals surface area (Å²) in [6.07, 6.45) is -7.78. The topological polar surface area (TPSA) is 123 Å². The fraction of sp³-hybridized carbons (Fsp3) is 0.286. The Morgan fingerprint density at radius 1 is 0.846 bits per heavy atom. The Hall–Kier alpha value is -2.44. The van der Waals surface area contributed by atoms with Crippen LogP contribution in [0.25, 0.3) is 0 Å². The smallest absolute Gasteiger partial charge is 0.408 e. The molecular formula is C14H14F6N4O2. The maximum Gasteiger partial charge on any atom is 0.573 e. The first-order valence-corrected chi connectivity index (χ1v) is 6.83. The van der Waals surface area contributed by atoms with Crippen LogP contribution in [-0.4, -0.2) is 18.4 Å². The second-order valence-electron chi connectivity index (χ2n) is 5.56. The van der Waals surface area contributed by atoms with Crippen LogP contribution < -0.4 is 27.7 Å². The summed E-state index contributed by atoms with van der Waals surface area (Å²) in [5, 5.41) is 0. The molecule has 0 aliphatic heterocycles. The van der Waals surface area contributed by atoms with Crippen LogP contribution in [0, 0.1) is 0 Å². The molecule has 6 nitrogen and oxygen atoms in total. The monoisotopic (exact) mass is 384 g/mol. The van der Waals surface area contributed by atoms with Gasteiger partial charge < -0.3 is 32.4 Å². The number of nitrogens with two attached hydrogens (primary N) is 4. The number of ether oxygens (including phenoxy) is 2. The average molecular weight is 384 g/mol. The Bertz CT molecular complexity index is 757. The van der Waals surface area contributed by atoms with Crippen molar-refractivity contribution in [2.24, 2.45) is 17.2 Å². The first kappa shape index (κ1) is 19.9. The molecule has 0 aromatic heterocycles. The van der Waals surface area contributed by atoms with Crippen LogP contribution in [0.5, 0.6) is 5.75 Å². The van der Waals surface area contributed by atoms with Gasteiger partial charge >= 0.3 is 12.7 Å². The number of anilines is 1.